The monoisotopic (exact) mass is 329 g/mol. The Labute approximate surface area is 140 Å². The van der Waals surface area contributed by atoms with E-state index in [0.717, 1.165) is 12.2 Å². The predicted molar refractivity (Wildman–Crippen MR) is 92.1 cm³/mol. The highest BCUT2D eigenvalue weighted by Gasteiger charge is 2.16. The smallest absolute Gasteiger partial charge is 0.254 e. The van der Waals surface area contributed by atoms with Crippen molar-refractivity contribution in [3.63, 3.8) is 0 Å². The molecule has 0 bridgehead atoms. The SMILES string of the molecule is Cn1cc(Nc2ncc(C(N)=O)c(NCC3CCCCC3)n2)cn1. The number of carbonyl (C=O) groups excluding carboxylic acids is 1. The van der Waals surface area contributed by atoms with Crippen molar-refractivity contribution in [1.82, 2.24) is 19.7 Å². The van der Waals surface area contributed by atoms with Gasteiger partial charge in [0.25, 0.3) is 5.91 Å². The highest BCUT2D eigenvalue weighted by molar-refractivity contribution is 5.97. The Kier molecular flexibility index (Phi) is 4.93. The first-order valence-electron chi connectivity index (χ1n) is 8.28. The fourth-order valence-corrected chi connectivity index (χ4v) is 3.00. The third-order valence-electron chi connectivity index (χ3n) is 4.30. The van der Waals surface area contributed by atoms with Gasteiger partial charge in [-0.25, -0.2) is 4.98 Å². The van der Waals surface area contributed by atoms with Crippen molar-refractivity contribution in [2.75, 3.05) is 17.2 Å². The van der Waals surface area contributed by atoms with E-state index in [1.807, 2.05) is 13.2 Å². The summed E-state index contributed by atoms with van der Waals surface area (Å²) in [4.78, 5) is 20.2. The van der Waals surface area contributed by atoms with Gasteiger partial charge in [-0.2, -0.15) is 10.1 Å². The number of carbonyl (C=O) groups is 1. The van der Waals surface area contributed by atoms with Gasteiger partial charge in [0.1, 0.15) is 5.82 Å². The maximum Gasteiger partial charge on any atom is 0.254 e. The van der Waals surface area contributed by atoms with E-state index in [1.165, 1.54) is 38.3 Å². The summed E-state index contributed by atoms with van der Waals surface area (Å²) in [5.41, 5.74) is 6.52. The second kappa shape index (κ2) is 7.29. The summed E-state index contributed by atoms with van der Waals surface area (Å²) in [6, 6.07) is 0. The van der Waals surface area contributed by atoms with E-state index in [-0.39, 0.29) is 0 Å². The fraction of sp³-hybridized carbons (Fsp3) is 0.500. The number of hydrogen-bond acceptors (Lipinski definition) is 6. The van der Waals surface area contributed by atoms with Crippen molar-refractivity contribution in [2.45, 2.75) is 32.1 Å². The van der Waals surface area contributed by atoms with Crippen LogP contribution in [0.2, 0.25) is 0 Å². The first kappa shape index (κ1) is 16.2. The molecule has 2 aromatic heterocycles. The van der Waals surface area contributed by atoms with E-state index in [2.05, 4.69) is 25.7 Å². The van der Waals surface area contributed by atoms with Crippen molar-refractivity contribution in [1.29, 1.82) is 0 Å². The highest BCUT2D eigenvalue weighted by atomic mass is 16.1. The van der Waals surface area contributed by atoms with E-state index in [9.17, 15) is 4.79 Å². The van der Waals surface area contributed by atoms with Crippen molar-refractivity contribution in [3.8, 4) is 0 Å². The molecular weight excluding hydrogens is 306 g/mol. The number of nitrogens with two attached hydrogens (primary N) is 1. The molecule has 2 aromatic rings. The van der Waals surface area contributed by atoms with Crippen molar-refractivity contribution in [3.05, 3.63) is 24.2 Å². The van der Waals surface area contributed by atoms with Gasteiger partial charge in [0.2, 0.25) is 5.95 Å². The van der Waals surface area contributed by atoms with Gasteiger partial charge in [-0.3, -0.25) is 9.48 Å². The van der Waals surface area contributed by atoms with Crippen LogP contribution in [0.15, 0.2) is 18.6 Å². The van der Waals surface area contributed by atoms with Crippen molar-refractivity contribution < 1.29 is 4.79 Å². The Morgan fingerprint density at radius 3 is 2.79 bits per heavy atom. The molecule has 128 valence electrons. The number of aryl methyl sites for hydroxylation is 1. The number of nitrogens with zero attached hydrogens (tertiary/aromatic N) is 4. The lowest BCUT2D eigenvalue weighted by Gasteiger charge is -2.22. The van der Waals surface area contributed by atoms with E-state index in [0.29, 0.717) is 23.2 Å². The maximum absolute atomic E-state index is 11.6. The molecule has 0 spiro atoms. The maximum atomic E-state index is 11.6. The van der Waals surface area contributed by atoms with Gasteiger partial charge in [-0.15, -0.1) is 0 Å². The molecule has 8 nitrogen and oxygen atoms in total. The molecule has 1 amide bonds. The van der Waals surface area contributed by atoms with Crippen LogP contribution < -0.4 is 16.4 Å². The zero-order chi connectivity index (χ0) is 16.9. The molecule has 0 saturated heterocycles. The summed E-state index contributed by atoms with van der Waals surface area (Å²) in [5.74, 6) is 0.965. The van der Waals surface area contributed by atoms with Crippen LogP contribution in [0.4, 0.5) is 17.5 Å². The van der Waals surface area contributed by atoms with Gasteiger partial charge in [0, 0.05) is 26.0 Å². The molecule has 1 saturated carbocycles. The van der Waals surface area contributed by atoms with E-state index < -0.39 is 5.91 Å². The lowest BCUT2D eigenvalue weighted by Crippen LogP contribution is -2.21. The average Bonchev–Trinajstić information content (AvgIpc) is 2.98. The zero-order valence-corrected chi connectivity index (χ0v) is 13.8. The molecule has 3 rings (SSSR count). The summed E-state index contributed by atoms with van der Waals surface area (Å²) in [7, 11) is 1.83. The summed E-state index contributed by atoms with van der Waals surface area (Å²) < 4.78 is 1.68. The van der Waals surface area contributed by atoms with Crippen LogP contribution in [0.25, 0.3) is 0 Å². The van der Waals surface area contributed by atoms with Gasteiger partial charge in [0.05, 0.1) is 17.4 Å². The Bertz CT molecular complexity index is 706. The average molecular weight is 329 g/mol. The fourth-order valence-electron chi connectivity index (χ4n) is 3.00. The van der Waals surface area contributed by atoms with Crippen LogP contribution in [0, 0.1) is 5.92 Å². The molecule has 1 aliphatic carbocycles. The topological polar surface area (TPSA) is 111 Å². The van der Waals surface area contributed by atoms with Crippen molar-refractivity contribution >= 4 is 23.4 Å². The van der Waals surface area contributed by atoms with Crippen LogP contribution in [0.3, 0.4) is 0 Å². The lowest BCUT2D eigenvalue weighted by atomic mass is 9.89. The third kappa shape index (κ3) is 4.01. The van der Waals surface area contributed by atoms with E-state index >= 15 is 0 Å². The largest absolute Gasteiger partial charge is 0.369 e. The molecule has 1 aliphatic rings. The van der Waals surface area contributed by atoms with E-state index in [4.69, 9.17) is 5.73 Å². The molecule has 0 aromatic carbocycles. The Morgan fingerprint density at radius 2 is 2.12 bits per heavy atom. The second-order valence-corrected chi connectivity index (χ2v) is 6.23. The minimum Gasteiger partial charge on any atom is -0.369 e. The van der Waals surface area contributed by atoms with Crippen LogP contribution in [-0.4, -0.2) is 32.2 Å². The number of hydrogen-bond donors (Lipinski definition) is 3. The summed E-state index contributed by atoms with van der Waals surface area (Å²) in [6.45, 7) is 0.795. The van der Waals surface area contributed by atoms with Crippen LogP contribution >= 0.6 is 0 Å². The molecule has 1 fully saturated rings. The summed E-state index contributed by atoms with van der Waals surface area (Å²) in [6.07, 6.45) is 11.2. The number of nitrogens with one attached hydrogen (secondary N) is 2. The number of aromatic nitrogens is 4. The predicted octanol–water partition coefficient (Wildman–Crippen LogP) is 2.04. The quantitative estimate of drug-likeness (QED) is 0.748. The molecule has 24 heavy (non-hydrogen) atoms. The van der Waals surface area contributed by atoms with Crippen LogP contribution in [-0.2, 0) is 7.05 Å². The normalized spacial score (nSPS) is 15.2. The minimum atomic E-state index is -0.533. The van der Waals surface area contributed by atoms with Gasteiger partial charge in [0.15, 0.2) is 0 Å². The standard InChI is InChI=1S/C16H23N7O/c1-23-10-12(8-20-23)21-16-19-9-13(14(17)24)15(22-16)18-7-11-5-3-2-4-6-11/h8-11H,2-7H2,1H3,(H2,17,24)(H2,18,19,21,22). The van der Waals surface area contributed by atoms with Crippen LogP contribution in [0.1, 0.15) is 42.5 Å². The molecule has 2 heterocycles. The second-order valence-electron chi connectivity index (χ2n) is 6.23. The van der Waals surface area contributed by atoms with E-state index in [1.54, 1.807) is 10.9 Å². The first-order chi connectivity index (χ1) is 11.6. The Balaban J connectivity index is 1.73. The van der Waals surface area contributed by atoms with Gasteiger partial charge in [-0.1, -0.05) is 19.3 Å². The van der Waals surface area contributed by atoms with Crippen molar-refractivity contribution in [2.24, 2.45) is 18.7 Å². The number of amides is 1. The Hall–Kier alpha value is -2.64. The molecule has 0 aliphatic heterocycles. The number of rotatable bonds is 6. The van der Waals surface area contributed by atoms with Gasteiger partial charge >= 0.3 is 0 Å². The molecular formula is C16H23N7O. The highest BCUT2D eigenvalue weighted by Crippen LogP contribution is 2.24. The Morgan fingerprint density at radius 1 is 1.33 bits per heavy atom. The molecule has 0 atom stereocenters. The summed E-state index contributed by atoms with van der Waals surface area (Å²) >= 11 is 0. The molecule has 4 N–H and O–H groups in total. The summed E-state index contributed by atoms with van der Waals surface area (Å²) in [5, 5.41) is 10.4. The number of primary amides is 1. The minimum absolute atomic E-state index is 0.308. The molecule has 8 heteroatoms. The third-order valence-corrected chi connectivity index (χ3v) is 4.30. The first-order valence-corrected chi connectivity index (χ1v) is 8.28. The van der Waals surface area contributed by atoms with Gasteiger partial charge < -0.3 is 16.4 Å². The number of anilines is 3. The molecule has 0 radical (unpaired) electrons. The molecule has 0 unspecified atom stereocenters. The van der Waals surface area contributed by atoms with Gasteiger partial charge in [-0.05, 0) is 18.8 Å². The lowest BCUT2D eigenvalue weighted by molar-refractivity contribution is 0.100. The van der Waals surface area contributed by atoms with Crippen LogP contribution in [0.5, 0.6) is 0 Å². The zero-order valence-electron chi connectivity index (χ0n) is 13.8.